The van der Waals surface area contributed by atoms with Crippen molar-refractivity contribution in [2.75, 3.05) is 0 Å². The molecule has 5 aromatic carbocycles. The Hall–Kier alpha value is -6.52. The molecule has 0 unspecified atom stereocenters. The number of rotatable bonds is 7. The number of hydrogen-bond acceptors (Lipinski definition) is 4. The molecule has 0 atom stereocenters. The van der Waals surface area contributed by atoms with Gasteiger partial charge in [0.1, 0.15) is 0 Å². The van der Waals surface area contributed by atoms with Crippen molar-refractivity contribution in [3.8, 4) is 78.4 Å². The molecular formula is C44H30N4. The quantitative estimate of drug-likeness (QED) is 0.179. The molecule has 0 radical (unpaired) electrons. The van der Waals surface area contributed by atoms with Crippen LogP contribution in [0, 0.1) is 0 Å². The van der Waals surface area contributed by atoms with Crippen LogP contribution in [-0.4, -0.2) is 19.9 Å². The van der Waals surface area contributed by atoms with E-state index in [1.165, 1.54) is 33.4 Å². The van der Waals surface area contributed by atoms with E-state index in [-0.39, 0.29) is 0 Å². The Bertz CT molecular complexity index is 2230. The molecule has 4 heteroatoms. The van der Waals surface area contributed by atoms with Crippen LogP contribution in [0.5, 0.6) is 0 Å². The van der Waals surface area contributed by atoms with Crippen LogP contribution in [0.4, 0.5) is 0 Å². The monoisotopic (exact) mass is 614 g/mol. The Balaban J connectivity index is 1.18. The number of nitrogens with zero attached hydrogens (tertiary/aromatic N) is 4. The first kappa shape index (κ1) is 28.9. The molecule has 0 aliphatic carbocycles. The number of pyridine rings is 2. The van der Waals surface area contributed by atoms with Gasteiger partial charge >= 0.3 is 0 Å². The van der Waals surface area contributed by atoms with E-state index in [2.05, 4.69) is 131 Å². The summed E-state index contributed by atoms with van der Waals surface area (Å²) in [5, 5.41) is 0. The van der Waals surface area contributed by atoms with Crippen molar-refractivity contribution in [1.82, 2.24) is 19.9 Å². The van der Waals surface area contributed by atoms with Gasteiger partial charge in [0.15, 0.2) is 5.82 Å². The summed E-state index contributed by atoms with van der Waals surface area (Å²) in [7, 11) is 0. The molecule has 226 valence electrons. The van der Waals surface area contributed by atoms with Crippen LogP contribution < -0.4 is 0 Å². The van der Waals surface area contributed by atoms with E-state index in [4.69, 9.17) is 9.97 Å². The molecule has 0 bridgehead atoms. The van der Waals surface area contributed by atoms with Gasteiger partial charge in [-0.2, -0.15) is 0 Å². The topological polar surface area (TPSA) is 51.6 Å². The average molecular weight is 615 g/mol. The zero-order valence-electron chi connectivity index (χ0n) is 26.1. The zero-order chi connectivity index (χ0) is 32.1. The molecule has 0 N–H and O–H groups in total. The smallest absolute Gasteiger partial charge is 0.160 e. The van der Waals surface area contributed by atoms with Crippen molar-refractivity contribution in [1.29, 1.82) is 0 Å². The molecule has 0 aliphatic heterocycles. The van der Waals surface area contributed by atoms with Gasteiger partial charge in [0.2, 0.25) is 0 Å². The molecule has 0 amide bonds. The first-order valence-electron chi connectivity index (χ1n) is 15.9. The lowest BCUT2D eigenvalue weighted by atomic mass is 9.92. The summed E-state index contributed by atoms with van der Waals surface area (Å²) >= 11 is 0. The van der Waals surface area contributed by atoms with Gasteiger partial charge < -0.3 is 0 Å². The number of aromatic nitrogens is 4. The maximum absolute atomic E-state index is 4.98. The standard InChI is InChI=1S/C44H30N4/c1-3-7-31(8-4-1)33-11-13-34(14-12-33)40-27-39(32-9-5-2-6-10-32)28-41(29-40)35-15-17-36(18-16-35)42-30-43(37-19-23-45-24-20-37)48-44(47-42)38-21-25-46-26-22-38/h1-30H. The fraction of sp³-hybridized carbons (Fsp3) is 0. The third kappa shape index (κ3) is 6.15. The molecule has 0 spiro atoms. The second kappa shape index (κ2) is 13.1. The first-order chi connectivity index (χ1) is 23.8. The summed E-state index contributed by atoms with van der Waals surface area (Å²) < 4.78 is 0. The summed E-state index contributed by atoms with van der Waals surface area (Å²) in [6, 6.07) is 55.3. The van der Waals surface area contributed by atoms with E-state index in [0.29, 0.717) is 5.82 Å². The van der Waals surface area contributed by atoms with Crippen LogP contribution in [0.1, 0.15) is 0 Å². The highest BCUT2D eigenvalue weighted by molar-refractivity contribution is 5.83. The Morgan fingerprint density at radius 2 is 0.583 bits per heavy atom. The highest BCUT2D eigenvalue weighted by Crippen LogP contribution is 2.35. The van der Waals surface area contributed by atoms with Gasteiger partial charge in [0.05, 0.1) is 11.4 Å². The van der Waals surface area contributed by atoms with Gasteiger partial charge in [-0.1, -0.05) is 109 Å². The van der Waals surface area contributed by atoms with Gasteiger partial charge in [-0.25, -0.2) is 9.97 Å². The largest absolute Gasteiger partial charge is 0.265 e. The van der Waals surface area contributed by atoms with Gasteiger partial charge in [-0.3, -0.25) is 9.97 Å². The summed E-state index contributed by atoms with van der Waals surface area (Å²) in [5.41, 5.74) is 14.1. The first-order valence-corrected chi connectivity index (χ1v) is 15.9. The molecule has 0 saturated heterocycles. The minimum absolute atomic E-state index is 0.657. The number of hydrogen-bond donors (Lipinski definition) is 0. The van der Waals surface area contributed by atoms with E-state index in [1.54, 1.807) is 24.8 Å². The SMILES string of the molecule is c1ccc(-c2ccc(-c3cc(-c4ccccc4)cc(-c4ccc(-c5cc(-c6ccncc6)nc(-c6ccncc6)n5)cc4)c3)cc2)cc1. The Morgan fingerprint density at radius 1 is 0.250 bits per heavy atom. The third-order valence-corrected chi connectivity index (χ3v) is 8.52. The van der Waals surface area contributed by atoms with Crippen molar-refractivity contribution >= 4 is 0 Å². The Kier molecular flexibility index (Phi) is 7.87. The molecule has 8 aromatic rings. The second-order valence-corrected chi connectivity index (χ2v) is 11.6. The van der Waals surface area contributed by atoms with Gasteiger partial charge in [-0.15, -0.1) is 0 Å². The molecule has 0 fully saturated rings. The Labute approximate surface area is 280 Å². The number of benzene rings is 5. The van der Waals surface area contributed by atoms with Crippen molar-refractivity contribution < 1.29 is 0 Å². The minimum atomic E-state index is 0.657. The predicted molar refractivity (Wildman–Crippen MR) is 196 cm³/mol. The average Bonchev–Trinajstić information content (AvgIpc) is 3.19. The lowest BCUT2D eigenvalue weighted by Crippen LogP contribution is -1.96. The normalized spacial score (nSPS) is 10.9. The summed E-state index contributed by atoms with van der Waals surface area (Å²) in [5.74, 6) is 0.657. The molecule has 0 aliphatic rings. The molecular weight excluding hydrogens is 585 g/mol. The highest BCUT2D eigenvalue weighted by Gasteiger charge is 2.12. The van der Waals surface area contributed by atoms with E-state index in [9.17, 15) is 0 Å². The van der Waals surface area contributed by atoms with Gasteiger partial charge in [-0.05, 0) is 93.0 Å². The maximum Gasteiger partial charge on any atom is 0.160 e. The summed E-state index contributed by atoms with van der Waals surface area (Å²) in [4.78, 5) is 18.2. The van der Waals surface area contributed by atoms with Crippen LogP contribution in [0.2, 0.25) is 0 Å². The molecule has 48 heavy (non-hydrogen) atoms. The molecule has 3 heterocycles. The molecule has 3 aromatic heterocycles. The van der Waals surface area contributed by atoms with Crippen LogP contribution in [0.25, 0.3) is 78.4 Å². The fourth-order valence-electron chi connectivity index (χ4n) is 5.97. The van der Waals surface area contributed by atoms with Crippen molar-refractivity contribution in [2.24, 2.45) is 0 Å². The zero-order valence-corrected chi connectivity index (χ0v) is 26.1. The third-order valence-electron chi connectivity index (χ3n) is 8.52. The Morgan fingerprint density at radius 3 is 1.04 bits per heavy atom. The minimum Gasteiger partial charge on any atom is -0.265 e. The van der Waals surface area contributed by atoms with E-state index in [0.717, 1.165) is 39.2 Å². The fourth-order valence-corrected chi connectivity index (χ4v) is 5.97. The van der Waals surface area contributed by atoms with E-state index < -0.39 is 0 Å². The van der Waals surface area contributed by atoms with Crippen molar-refractivity contribution in [3.05, 3.63) is 183 Å². The van der Waals surface area contributed by atoms with E-state index >= 15 is 0 Å². The van der Waals surface area contributed by atoms with Crippen LogP contribution in [0.15, 0.2) is 183 Å². The summed E-state index contributed by atoms with van der Waals surface area (Å²) in [6.45, 7) is 0. The van der Waals surface area contributed by atoms with E-state index in [1.807, 2.05) is 36.4 Å². The predicted octanol–water partition coefficient (Wildman–Crippen LogP) is 10.9. The van der Waals surface area contributed by atoms with Crippen LogP contribution >= 0.6 is 0 Å². The van der Waals surface area contributed by atoms with Crippen molar-refractivity contribution in [2.45, 2.75) is 0 Å². The molecule has 8 rings (SSSR count). The van der Waals surface area contributed by atoms with Crippen LogP contribution in [-0.2, 0) is 0 Å². The van der Waals surface area contributed by atoms with Crippen molar-refractivity contribution in [3.63, 3.8) is 0 Å². The lowest BCUT2D eigenvalue weighted by molar-refractivity contribution is 1.17. The second-order valence-electron chi connectivity index (χ2n) is 11.6. The van der Waals surface area contributed by atoms with Gasteiger partial charge in [0.25, 0.3) is 0 Å². The summed E-state index contributed by atoms with van der Waals surface area (Å²) in [6.07, 6.45) is 7.10. The molecule has 4 nitrogen and oxygen atoms in total. The maximum atomic E-state index is 4.98. The highest BCUT2D eigenvalue weighted by atomic mass is 14.9. The van der Waals surface area contributed by atoms with Crippen LogP contribution in [0.3, 0.4) is 0 Å². The molecule has 0 saturated carbocycles. The van der Waals surface area contributed by atoms with Gasteiger partial charge in [0, 0.05) is 41.5 Å². The lowest BCUT2D eigenvalue weighted by Gasteiger charge is -2.13.